The number of halogens is 1. The van der Waals surface area contributed by atoms with Crippen LogP contribution in [0.3, 0.4) is 0 Å². The minimum atomic E-state index is -0.0829. The molecule has 0 bridgehead atoms. The normalized spacial score (nSPS) is 29.0. The molecule has 3 rings (SSSR count). The summed E-state index contributed by atoms with van der Waals surface area (Å²) in [6, 6.07) is 5.55. The van der Waals surface area contributed by atoms with Crippen LogP contribution in [0, 0.1) is 41.3 Å². The Morgan fingerprint density at radius 3 is 2.23 bits per heavy atom. The zero-order chi connectivity index (χ0) is 18.4. The molecule has 26 heavy (non-hydrogen) atoms. The third-order valence-electron chi connectivity index (χ3n) is 6.77. The van der Waals surface area contributed by atoms with E-state index in [0.717, 1.165) is 48.1 Å². The van der Waals surface area contributed by atoms with Crippen LogP contribution in [0.1, 0.15) is 89.2 Å². The van der Waals surface area contributed by atoms with E-state index in [4.69, 9.17) is 0 Å². The van der Waals surface area contributed by atoms with Gasteiger partial charge in [0.05, 0.1) is 0 Å². The maximum atomic E-state index is 14.2. The molecule has 0 heterocycles. The largest absolute Gasteiger partial charge is 0.207 e. The fourth-order valence-corrected chi connectivity index (χ4v) is 4.87. The molecule has 0 aliphatic heterocycles. The second-order valence-corrected chi connectivity index (χ2v) is 8.81. The molecule has 2 fully saturated rings. The number of benzene rings is 1. The van der Waals surface area contributed by atoms with Crippen molar-refractivity contribution >= 4 is 0 Å². The number of hydrogen-bond acceptors (Lipinski definition) is 0. The van der Waals surface area contributed by atoms with E-state index < -0.39 is 0 Å². The van der Waals surface area contributed by atoms with E-state index in [2.05, 4.69) is 25.7 Å². The number of aryl methyl sites for hydroxylation is 1. The predicted octanol–water partition coefficient (Wildman–Crippen LogP) is 7.15. The standard InChI is InChI=1S/C25H35F/c1-3-4-5-24-17-12-21(18-25(24)26)9-8-20-10-15-23(16-11-20)22-13-6-19(2)7-14-22/h12,17-20,22-23H,3-7,10-11,13-16H2,1-2H3/t19-,20-,22-,23-. The fraction of sp³-hybridized carbons (Fsp3) is 0.680. The number of rotatable bonds is 4. The monoisotopic (exact) mass is 354 g/mol. The van der Waals surface area contributed by atoms with Crippen molar-refractivity contribution in [3.05, 3.63) is 35.1 Å². The van der Waals surface area contributed by atoms with Crippen LogP contribution in [-0.2, 0) is 6.42 Å². The number of hydrogen-bond donors (Lipinski definition) is 0. The molecule has 0 amide bonds. The Morgan fingerprint density at radius 1 is 0.962 bits per heavy atom. The van der Waals surface area contributed by atoms with Crippen molar-refractivity contribution in [2.75, 3.05) is 0 Å². The lowest BCUT2D eigenvalue weighted by atomic mass is 9.69. The molecule has 2 aliphatic carbocycles. The van der Waals surface area contributed by atoms with E-state index in [-0.39, 0.29) is 5.82 Å². The molecule has 1 aromatic rings. The third-order valence-corrected chi connectivity index (χ3v) is 6.77. The predicted molar refractivity (Wildman–Crippen MR) is 108 cm³/mol. The van der Waals surface area contributed by atoms with Crippen LogP contribution < -0.4 is 0 Å². The van der Waals surface area contributed by atoms with Gasteiger partial charge in [0.2, 0.25) is 0 Å². The van der Waals surface area contributed by atoms with Crippen LogP contribution in [0.4, 0.5) is 4.39 Å². The highest BCUT2D eigenvalue weighted by molar-refractivity contribution is 5.37. The van der Waals surface area contributed by atoms with Gasteiger partial charge in [-0.2, -0.15) is 0 Å². The summed E-state index contributed by atoms with van der Waals surface area (Å²) in [7, 11) is 0. The van der Waals surface area contributed by atoms with Crippen LogP contribution in [-0.4, -0.2) is 0 Å². The molecule has 142 valence electrons. The van der Waals surface area contributed by atoms with Crippen LogP contribution in [0.5, 0.6) is 0 Å². The highest BCUT2D eigenvalue weighted by Crippen LogP contribution is 2.41. The van der Waals surface area contributed by atoms with Crippen LogP contribution >= 0.6 is 0 Å². The van der Waals surface area contributed by atoms with Gasteiger partial charge in [0, 0.05) is 11.5 Å². The summed E-state index contributed by atoms with van der Waals surface area (Å²) in [5.41, 5.74) is 1.67. The van der Waals surface area contributed by atoms with Crippen LogP contribution in [0.2, 0.25) is 0 Å². The van der Waals surface area contributed by atoms with E-state index in [1.54, 1.807) is 6.07 Å². The van der Waals surface area contributed by atoms with Crippen molar-refractivity contribution in [1.29, 1.82) is 0 Å². The van der Waals surface area contributed by atoms with Gasteiger partial charge in [-0.05, 0) is 86.8 Å². The number of unbranched alkanes of at least 4 members (excludes halogenated alkanes) is 1. The third kappa shape index (κ3) is 5.35. The van der Waals surface area contributed by atoms with Crippen LogP contribution in [0.15, 0.2) is 18.2 Å². The van der Waals surface area contributed by atoms with E-state index >= 15 is 0 Å². The molecular weight excluding hydrogens is 319 g/mol. The summed E-state index contributed by atoms with van der Waals surface area (Å²) in [6.45, 7) is 4.54. The Morgan fingerprint density at radius 2 is 1.62 bits per heavy atom. The van der Waals surface area contributed by atoms with Crippen molar-refractivity contribution in [2.45, 2.75) is 84.5 Å². The van der Waals surface area contributed by atoms with E-state index in [0.29, 0.717) is 5.92 Å². The Labute approximate surface area is 160 Å². The topological polar surface area (TPSA) is 0 Å². The highest BCUT2D eigenvalue weighted by atomic mass is 19.1. The lowest BCUT2D eigenvalue weighted by Crippen LogP contribution is -2.24. The summed E-state index contributed by atoms with van der Waals surface area (Å²) in [6.07, 6.45) is 13.9. The second kappa shape index (κ2) is 9.59. The first-order valence-electron chi connectivity index (χ1n) is 11.0. The molecule has 0 aromatic heterocycles. The first-order valence-corrected chi connectivity index (χ1v) is 11.0. The van der Waals surface area contributed by atoms with E-state index in [1.807, 2.05) is 12.1 Å². The molecule has 0 atom stereocenters. The molecule has 1 heteroatoms. The molecule has 0 nitrogen and oxygen atoms in total. The van der Waals surface area contributed by atoms with Gasteiger partial charge < -0.3 is 0 Å². The quantitative estimate of drug-likeness (QED) is 0.503. The summed E-state index contributed by atoms with van der Waals surface area (Å²) in [5, 5.41) is 0. The average molecular weight is 355 g/mol. The lowest BCUT2D eigenvalue weighted by Gasteiger charge is -2.36. The van der Waals surface area contributed by atoms with Gasteiger partial charge in [-0.1, -0.05) is 51.0 Å². The molecule has 2 saturated carbocycles. The first kappa shape index (κ1) is 19.5. The summed E-state index contributed by atoms with van der Waals surface area (Å²) < 4.78 is 14.2. The minimum absolute atomic E-state index is 0.0829. The molecule has 0 saturated heterocycles. The Kier molecular flexibility index (Phi) is 7.18. The average Bonchev–Trinajstić information content (AvgIpc) is 2.67. The van der Waals surface area contributed by atoms with Crippen LogP contribution in [0.25, 0.3) is 0 Å². The minimum Gasteiger partial charge on any atom is -0.207 e. The zero-order valence-electron chi connectivity index (χ0n) is 16.7. The van der Waals surface area contributed by atoms with Crippen molar-refractivity contribution < 1.29 is 4.39 Å². The van der Waals surface area contributed by atoms with Gasteiger partial charge >= 0.3 is 0 Å². The van der Waals surface area contributed by atoms with Gasteiger partial charge in [0.15, 0.2) is 0 Å². The summed E-state index contributed by atoms with van der Waals surface area (Å²) >= 11 is 0. The van der Waals surface area contributed by atoms with Crippen molar-refractivity contribution in [3.63, 3.8) is 0 Å². The maximum Gasteiger partial charge on any atom is 0.127 e. The molecule has 0 N–H and O–H groups in total. The van der Waals surface area contributed by atoms with Crippen molar-refractivity contribution in [2.24, 2.45) is 23.7 Å². The molecule has 0 unspecified atom stereocenters. The lowest BCUT2D eigenvalue weighted by molar-refractivity contribution is 0.162. The Balaban J connectivity index is 1.50. The maximum absolute atomic E-state index is 14.2. The van der Waals surface area contributed by atoms with Crippen molar-refractivity contribution in [1.82, 2.24) is 0 Å². The SMILES string of the molecule is CCCCc1ccc(C#C[C@H]2CC[C@H]([C@H]3CC[C@H](C)CC3)CC2)cc1F. The summed E-state index contributed by atoms with van der Waals surface area (Å²) in [5.74, 6) is 9.98. The van der Waals surface area contributed by atoms with Gasteiger partial charge in [0.25, 0.3) is 0 Å². The summed E-state index contributed by atoms with van der Waals surface area (Å²) in [4.78, 5) is 0. The highest BCUT2D eigenvalue weighted by Gasteiger charge is 2.29. The fourth-order valence-electron chi connectivity index (χ4n) is 4.87. The van der Waals surface area contributed by atoms with Gasteiger partial charge in [0.1, 0.15) is 5.82 Å². The second-order valence-electron chi connectivity index (χ2n) is 8.81. The zero-order valence-corrected chi connectivity index (χ0v) is 16.7. The van der Waals surface area contributed by atoms with E-state index in [1.165, 1.54) is 51.4 Å². The van der Waals surface area contributed by atoms with Gasteiger partial charge in [-0.15, -0.1) is 0 Å². The molecule has 1 aromatic carbocycles. The molecular formula is C25H35F. The molecule has 0 spiro atoms. The van der Waals surface area contributed by atoms with E-state index in [9.17, 15) is 4.39 Å². The molecule has 0 radical (unpaired) electrons. The molecule has 2 aliphatic rings. The van der Waals surface area contributed by atoms with Gasteiger partial charge in [-0.3, -0.25) is 0 Å². The first-order chi connectivity index (χ1) is 12.7. The Hall–Kier alpha value is -1.29. The Bertz CT molecular complexity index is 619. The van der Waals surface area contributed by atoms with Gasteiger partial charge in [-0.25, -0.2) is 4.39 Å². The van der Waals surface area contributed by atoms with Crippen molar-refractivity contribution in [3.8, 4) is 11.8 Å². The smallest absolute Gasteiger partial charge is 0.127 e.